The van der Waals surface area contributed by atoms with Crippen LogP contribution in [0.1, 0.15) is 19.3 Å². The molecule has 17 heavy (non-hydrogen) atoms. The van der Waals surface area contributed by atoms with Gasteiger partial charge in [0.05, 0.1) is 5.02 Å². The first kappa shape index (κ1) is 12.7. The van der Waals surface area contributed by atoms with E-state index in [1.165, 1.54) is 31.4 Å². The van der Waals surface area contributed by atoms with E-state index < -0.39 is 5.82 Å². The third-order valence-corrected chi connectivity index (χ3v) is 3.32. The Morgan fingerprint density at radius 3 is 2.71 bits per heavy atom. The lowest BCUT2D eigenvalue weighted by atomic mass is 10.1. The fourth-order valence-corrected chi connectivity index (χ4v) is 2.16. The minimum absolute atomic E-state index is 0.133. The predicted octanol–water partition coefficient (Wildman–Crippen LogP) is 3.34. The molecule has 0 amide bonds. The first-order valence-corrected chi connectivity index (χ1v) is 6.44. The molecule has 4 heteroatoms. The number of ether oxygens (including phenoxy) is 1. The normalized spacial score (nSPS) is 17.1. The Morgan fingerprint density at radius 1 is 1.24 bits per heavy atom. The maximum Gasteiger partial charge on any atom is 0.145 e. The highest BCUT2D eigenvalue weighted by atomic mass is 35.5. The van der Waals surface area contributed by atoms with Gasteiger partial charge in [0.25, 0.3) is 0 Å². The van der Waals surface area contributed by atoms with Gasteiger partial charge in [-0.15, -0.1) is 0 Å². The molecule has 1 aliphatic heterocycles. The summed E-state index contributed by atoms with van der Waals surface area (Å²) >= 11 is 5.60. The van der Waals surface area contributed by atoms with E-state index in [9.17, 15) is 4.39 Å². The summed E-state index contributed by atoms with van der Waals surface area (Å²) < 4.78 is 18.6. The molecule has 0 aromatic heterocycles. The molecule has 0 N–H and O–H groups in total. The van der Waals surface area contributed by atoms with Gasteiger partial charge in [-0.1, -0.05) is 18.0 Å². The summed E-state index contributed by atoms with van der Waals surface area (Å²) in [5, 5.41) is 0.133. The van der Waals surface area contributed by atoms with Crippen LogP contribution in [0, 0.1) is 5.82 Å². The minimum Gasteiger partial charge on any atom is -0.492 e. The number of hydrogen-bond acceptors (Lipinski definition) is 2. The molecule has 1 aromatic rings. The molecule has 0 bridgehead atoms. The zero-order chi connectivity index (χ0) is 12.1. The van der Waals surface area contributed by atoms with Crippen molar-refractivity contribution >= 4 is 11.6 Å². The number of piperidine rings is 1. The van der Waals surface area contributed by atoms with E-state index in [-0.39, 0.29) is 5.02 Å². The Morgan fingerprint density at radius 2 is 2.00 bits per heavy atom. The number of rotatable bonds is 4. The average molecular weight is 258 g/mol. The average Bonchev–Trinajstić information content (AvgIpc) is 2.35. The topological polar surface area (TPSA) is 12.5 Å². The van der Waals surface area contributed by atoms with Crippen molar-refractivity contribution < 1.29 is 9.13 Å². The fraction of sp³-hybridized carbons (Fsp3) is 0.538. The molecule has 0 aliphatic carbocycles. The van der Waals surface area contributed by atoms with Crippen LogP contribution in [0.5, 0.6) is 5.75 Å². The molecule has 1 heterocycles. The number of nitrogens with zero attached hydrogens (tertiary/aromatic N) is 1. The van der Waals surface area contributed by atoms with E-state index in [0.717, 1.165) is 19.6 Å². The quantitative estimate of drug-likeness (QED) is 0.820. The summed E-state index contributed by atoms with van der Waals surface area (Å²) in [6.45, 7) is 3.81. The van der Waals surface area contributed by atoms with Crippen LogP contribution >= 0.6 is 11.6 Å². The summed E-state index contributed by atoms with van der Waals surface area (Å²) in [6, 6.07) is 4.55. The van der Waals surface area contributed by atoms with Gasteiger partial charge in [-0.3, -0.25) is 4.90 Å². The van der Waals surface area contributed by atoms with Crippen LogP contribution in [-0.4, -0.2) is 31.1 Å². The van der Waals surface area contributed by atoms with Crippen molar-refractivity contribution in [3.63, 3.8) is 0 Å². The van der Waals surface area contributed by atoms with Crippen molar-refractivity contribution in [3.05, 3.63) is 29.0 Å². The Balaban J connectivity index is 1.75. The van der Waals surface area contributed by atoms with Crippen LogP contribution in [0.25, 0.3) is 0 Å². The van der Waals surface area contributed by atoms with Crippen molar-refractivity contribution in [3.8, 4) is 5.75 Å². The molecule has 2 rings (SSSR count). The molecule has 0 saturated carbocycles. The first-order valence-electron chi connectivity index (χ1n) is 6.06. The lowest BCUT2D eigenvalue weighted by Gasteiger charge is -2.26. The van der Waals surface area contributed by atoms with Gasteiger partial charge in [0.15, 0.2) is 0 Å². The summed E-state index contributed by atoms with van der Waals surface area (Å²) in [6.07, 6.45) is 3.88. The summed E-state index contributed by atoms with van der Waals surface area (Å²) in [5.41, 5.74) is 0. The molecule has 0 atom stereocenters. The molecule has 1 aliphatic rings. The van der Waals surface area contributed by atoms with Crippen molar-refractivity contribution in [1.82, 2.24) is 4.90 Å². The Bertz CT molecular complexity index is 366. The van der Waals surface area contributed by atoms with E-state index in [0.29, 0.717) is 12.4 Å². The second-order valence-electron chi connectivity index (χ2n) is 4.33. The third-order valence-electron chi connectivity index (χ3n) is 3.02. The van der Waals surface area contributed by atoms with Crippen LogP contribution < -0.4 is 4.74 Å². The van der Waals surface area contributed by atoms with Gasteiger partial charge in [0.1, 0.15) is 18.2 Å². The summed E-state index contributed by atoms with van der Waals surface area (Å²) in [5.74, 6) is 0.117. The van der Waals surface area contributed by atoms with E-state index in [1.54, 1.807) is 6.07 Å². The number of halogens is 2. The lowest BCUT2D eigenvalue weighted by Crippen LogP contribution is -2.33. The van der Waals surface area contributed by atoms with Crippen LogP contribution in [0.2, 0.25) is 5.02 Å². The maximum atomic E-state index is 13.1. The number of benzene rings is 1. The maximum absolute atomic E-state index is 13.1. The van der Waals surface area contributed by atoms with E-state index in [4.69, 9.17) is 16.3 Å². The van der Waals surface area contributed by atoms with Crippen molar-refractivity contribution in [1.29, 1.82) is 0 Å². The molecule has 0 radical (unpaired) electrons. The van der Waals surface area contributed by atoms with E-state index >= 15 is 0 Å². The highest BCUT2D eigenvalue weighted by Crippen LogP contribution is 2.20. The molecule has 2 nitrogen and oxygen atoms in total. The van der Waals surface area contributed by atoms with E-state index in [2.05, 4.69) is 4.90 Å². The van der Waals surface area contributed by atoms with Gasteiger partial charge in [-0.05, 0) is 38.1 Å². The Labute approximate surface area is 106 Å². The van der Waals surface area contributed by atoms with Crippen molar-refractivity contribution in [2.75, 3.05) is 26.2 Å². The van der Waals surface area contributed by atoms with Crippen LogP contribution in [0.15, 0.2) is 18.2 Å². The third kappa shape index (κ3) is 3.86. The monoisotopic (exact) mass is 257 g/mol. The smallest absolute Gasteiger partial charge is 0.145 e. The molecular weight excluding hydrogens is 241 g/mol. The Kier molecular flexibility index (Phi) is 4.63. The SMILES string of the molecule is Fc1cc(OCCN2CCCCC2)ccc1Cl. The van der Waals surface area contributed by atoms with Gasteiger partial charge in [0, 0.05) is 12.6 Å². The summed E-state index contributed by atoms with van der Waals surface area (Å²) in [7, 11) is 0. The summed E-state index contributed by atoms with van der Waals surface area (Å²) in [4.78, 5) is 2.38. The molecule has 1 saturated heterocycles. The molecule has 94 valence electrons. The van der Waals surface area contributed by atoms with Gasteiger partial charge < -0.3 is 4.74 Å². The number of likely N-dealkylation sites (tertiary alicyclic amines) is 1. The second kappa shape index (κ2) is 6.22. The molecular formula is C13H17ClFNO. The van der Waals surface area contributed by atoms with Gasteiger partial charge in [-0.25, -0.2) is 4.39 Å². The first-order chi connectivity index (χ1) is 8.25. The zero-order valence-electron chi connectivity index (χ0n) is 9.79. The molecule has 0 unspecified atom stereocenters. The minimum atomic E-state index is -0.429. The number of hydrogen-bond donors (Lipinski definition) is 0. The van der Waals surface area contributed by atoms with Gasteiger partial charge >= 0.3 is 0 Å². The second-order valence-corrected chi connectivity index (χ2v) is 4.73. The van der Waals surface area contributed by atoms with E-state index in [1.807, 2.05) is 0 Å². The zero-order valence-corrected chi connectivity index (χ0v) is 10.5. The lowest BCUT2D eigenvalue weighted by molar-refractivity contribution is 0.183. The van der Waals surface area contributed by atoms with Crippen LogP contribution in [0.3, 0.4) is 0 Å². The standard InChI is InChI=1S/C13H17ClFNO/c14-12-5-4-11(10-13(12)15)17-9-8-16-6-2-1-3-7-16/h4-5,10H,1-3,6-9H2. The molecule has 1 aromatic carbocycles. The van der Waals surface area contributed by atoms with Crippen LogP contribution in [0.4, 0.5) is 4.39 Å². The highest BCUT2D eigenvalue weighted by Gasteiger charge is 2.09. The van der Waals surface area contributed by atoms with Crippen LogP contribution in [-0.2, 0) is 0 Å². The van der Waals surface area contributed by atoms with Gasteiger partial charge in [0.2, 0.25) is 0 Å². The van der Waals surface area contributed by atoms with Crippen molar-refractivity contribution in [2.24, 2.45) is 0 Å². The molecule has 1 fully saturated rings. The predicted molar refractivity (Wildman–Crippen MR) is 67.2 cm³/mol. The highest BCUT2D eigenvalue weighted by molar-refractivity contribution is 6.30. The van der Waals surface area contributed by atoms with Gasteiger partial charge in [-0.2, -0.15) is 0 Å². The largest absolute Gasteiger partial charge is 0.492 e. The molecule has 0 spiro atoms. The Hall–Kier alpha value is -0.800. The van der Waals surface area contributed by atoms with Crippen molar-refractivity contribution in [2.45, 2.75) is 19.3 Å². The fourth-order valence-electron chi connectivity index (χ4n) is 2.04.